The number of hydrogen-bond acceptors (Lipinski definition) is 6. The third-order valence-corrected chi connectivity index (χ3v) is 4.93. The van der Waals surface area contributed by atoms with Crippen molar-refractivity contribution in [3.8, 4) is 0 Å². The highest BCUT2D eigenvalue weighted by molar-refractivity contribution is 7.22. The average Bonchev–Trinajstić information content (AvgIpc) is 3.17. The molecule has 1 aromatic carbocycles. The molecule has 1 aliphatic rings. The molecule has 0 N–H and O–H groups in total. The molecule has 0 bridgehead atoms. The maximum Gasteiger partial charge on any atom is 0.263 e. The zero-order chi connectivity index (χ0) is 17.6. The number of hydrogen-bond donors (Lipinski definition) is 0. The molecule has 132 valence electrons. The molecular weight excluding hydrogens is 336 g/mol. The second-order valence-electron chi connectivity index (χ2n) is 5.83. The molecule has 1 amide bonds. The summed E-state index contributed by atoms with van der Waals surface area (Å²) in [5.74, 6) is -0.451. The Labute approximate surface area is 151 Å². The number of rotatable bonds is 8. The highest BCUT2D eigenvalue weighted by Gasteiger charge is 2.36. The minimum Gasteiger partial charge on any atom is -0.385 e. The second-order valence-corrected chi connectivity index (χ2v) is 6.84. The maximum absolute atomic E-state index is 12.8. The fourth-order valence-corrected chi connectivity index (χ4v) is 3.62. The Kier molecular flexibility index (Phi) is 5.88. The number of hydrazone groups is 1. The molecular formula is C18H22N4O2S. The number of aliphatic imine (C=N–C) groups is 1. The fraction of sp³-hybridized carbons (Fsp3) is 0.444. The SMILES string of the molecule is CCCC1=NN(c2nc3ccccc3s2)C(=O)[C@@H]1C=NCCCOC. The van der Waals surface area contributed by atoms with Crippen molar-refractivity contribution >= 4 is 44.5 Å². The number of ether oxygens (including phenoxy) is 1. The van der Waals surface area contributed by atoms with Crippen molar-refractivity contribution in [1.29, 1.82) is 0 Å². The Morgan fingerprint density at radius 2 is 2.24 bits per heavy atom. The van der Waals surface area contributed by atoms with Crippen LogP contribution in [-0.2, 0) is 9.53 Å². The van der Waals surface area contributed by atoms with Gasteiger partial charge in [0.1, 0.15) is 5.92 Å². The third kappa shape index (κ3) is 3.93. The van der Waals surface area contributed by atoms with E-state index in [1.165, 1.54) is 16.3 Å². The van der Waals surface area contributed by atoms with E-state index in [9.17, 15) is 4.79 Å². The molecule has 3 rings (SSSR count). The molecule has 25 heavy (non-hydrogen) atoms. The zero-order valence-electron chi connectivity index (χ0n) is 14.5. The Hall–Kier alpha value is -2.12. The largest absolute Gasteiger partial charge is 0.385 e. The summed E-state index contributed by atoms with van der Waals surface area (Å²) in [5.41, 5.74) is 1.75. The van der Waals surface area contributed by atoms with E-state index in [1.54, 1.807) is 13.3 Å². The van der Waals surface area contributed by atoms with Gasteiger partial charge in [0, 0.05) is 26.5 Å². The lowest BCUT2D eigenvalue weighted by atomic mass is 10.0. The first kappa shape index (κ1) is 17.7. The van der Waals surface area contributed by atoms with E-state index < -0.39 is 0 Å². The van der Waals surface area contributed by atoms with Crippen molar-refractivity contribution in [2.75, 3.05) is 25.3 Å². The molecule has 0 saturated carbocycles. The number of anilines is 1. The van der Waals surface area contributed by atoms with Crippen molar-refractivity contribution in [2.24, 2.45) is 16.0 Å². The van der Waals surface area contributed by atoms with Crippen LogP contribution in [0.4, 0.5) is 5.13 Å². The summed E-state index contributed by atoms with van der Waals surface area (Å²) in [5, 5.41) is 6.62. The van der Waals surface area contributed by atoms with Crippen LogP contribution in [0.5, 0.6) is 0 Å². The summed E-state index contributed by atoms with van der Waals surface area (Å²) in [6, 6.07) is 7.86. The number of thiazole rings is 1. The van der Waals surface area contributed by atoms with E-state index in [0.717, 1.165) is 35.2 Å². The van der Waals surface area contributed by atoms with Crippen molar-refractivity contribution < 1.29 is 9.53 Å². The van der Waals surface area contributed by atoms with Crippen LogP contribution >= 0.6 is 11.3 Å². The van der Waals surface area contributed by atoms with Gasteiger partial charge in [-0.25, -0.2) is 4.98 Å². The van der Waals surface area contributed by atoms with Crippen LogP contribution < -0.4 is 5.01 Å². The van der Waals surface area contributed by atoms with E-state index in [1.807, 2.05) is 24.3 Å². The van der Waals surface area contributed by atoms with Crippen LogP contribution in [0.25, 0.3) is 10.2 Å². The standard InChI is InChI=1S/C18H22N4O2S/c1-3-7-14-13(12-19-10-6-11-24-2)17(23)22(21-14)18-20-15-8-4-5-9-16(15)25-18/h4-5,8-9,12-13H,3,6-7,10-11H2,1-2H3/t13-/m1/s1. The smallest absolute Gasteiger partial charge is 0.263 e. The second kappa shape index (κ2) is 8.31. The normalized spacial score (nSPS) is 17.8. The third-order valence-electron chi connectivity index (χ3n) is 3.92. The lowest BCUT2D eigenvalue weighted by molar-refractivity contribution is -0.118. The quantitative estimate of drug-likeness (QED) is 0.535. The highest BCUT2D eigenvalue weighted by Crippen LogP contribution is 2.32. The van der Waals surface area contributed by atoms with Gasteiger partial charge < -0.3 is 4.74 Å². The fourth-order valence-electron chi connectivity index (χ4n) is 2.69. The minimum atomic E-state index is -0.380. The van der Waals surface area contributed by atoms with E-state index in [2.05, 4.69) is 22.0 Å². The molecule has 7 heteroatoms. The topological polar surface area (TPSA) is 67.2 Å². The summed E-state index contributed by atoms with van der Waals surface area (Å²) in [7, 11) is 1.67. The Balaban J connectivity index is 1.80. The number of carbonyl (C=O) groups is 1. The molecule has 0 fully saturated rings. The van der Waals surface area contributed by atoms with Crippen molar-refractivity contribution in [1.82, 2.24) is 4.98 Å². The predicted molar refractivity (Wildman–Crippen MR) is 103 cm³/mol. The van der Waals surface area contributed by atoms with Crippen LogP contribution in [0.1, 0.15) is 26.2 Å². The number of methoxy groups -OCH3 is 1. The molecule has 0 spiro atoms. The number of amides is 1. The van der Waals surface area contributed by atoms with Crippen LogP contribution in [0, 0.1) is 5.92 Å². The minimum absolute atomic E-state index is 0.0713. The Bertz CT molecular complexity index is 766. The summed E-state index contributed by atoms with van der Waals surface area (Å²) < 4.78 is 6.07. The monoisotopic (exact) mass is 358 g/mol. The van der Waals surface area contributed by atoms with Gasteiger partial charge in [0.15, 0.2) is 0 Å². The van der Waals surface area contributed by atoms with Gasteiger partial charge >= 0.3 is 0 Å². The molecule has 2 aromatic rings. The maximum atomic E-state index is 12.8. The summed E-state index contributed by atoms with van der Waals surface area (Å²) >= 11 is 1.48. The van der Waals surface area contributed by atoms with Gasteiger partial charge in [0.2, 0.25) is 5.13 Å². The Morgan fingerprint density at radius 1 is 1.40 bits per heavy atom. The number of benzene rings is 1. The van der Waals surface area contributed by atoms with Crippen molar-refractivity contribution in [2.45, 2.75) is 26.2 Å². The van der Waals surface area contributed by atoms with Gasteiger partial charge in [-0.1, -0.05) is 36.8 Å². The summed E-state index contributed by atoms with van der Waals surface area (Å²) in [6.07, 6.45) is 4.30. The number of carbonyl (C=O) groups excluding carboxylic acids is 1. The zero-order valence-corrected chi connectivity index (χ0v) is 15.3. The molecule has 1 atom stereocenters. The first-order valence-electron chi connectivity index (χ1n) is 8.50. The average molecular weight is 358 g/mol. The van der Waals surface area contributed by atoms with Gasteiger partial charge in [0.05, 0.1) is 15.9 Å². The molecule has 1 aromatic heterocycles. The highest BCUT2D eigenvalue weighted by atomic mass is 32.1. The summed E-state index contributed by atoms with van der Waals surface area (Å²) in [6.45, 7) is 3.40. The number of para-hydroxylation sites is 1. The molecule has 0 radical (unpaired) electrons. The van der Waals surface area contributed by atoms with Crippen LogP contribution in [-0.4, -0.2) is 43.1 Å². The van der Waals surface area contributed by atoms with Gasteiger partial charge in [0.25, 0.3) is 5.91 Å². The first-order valence-corrected chi connectivity index (χ1v) is 9.32. The van der Waals surface area contributed by atoms with Gasteiger partial charge in [-0.3, -0.25) is 9.79 Å². The van der Waals surface area contributed by atoms with E-state index in [0.29, 0.717) is 18.3 Å². The van der Waals surface area contributed by atoms with Crippen molar-refractivity contribution in [3.05, 3.63) is 24.3 Å². The lowest BCUT2D eigenvalue weighted by Gasteiger charge is -2.08. The number of fused-ring (bicyclic) bond motifs is 1. The summed E-state index contributed by atoms with van der Waals surface area (Å²) in [4.78, 5) is 21.8. The van der Waals surface area contributed by atoms with Crippen LogP contribution in [0.15, 0.2) is 34.4 Å². The molecule has 0 aliphatic carbocycles. The molecule has 0 saturated heterocycles. The van der Waals surface area contributed by atoms with Gasteiger partial charge in [-0.15, -0.1) is 0 Å². The molecule has 1 aliphatic heterocycles. The molecule has 6 nitrogen and oxygen atoms in total. The molecule has 0 unspecified atom stereocenters. The van der Waals surface area contributed by atoms with E-state index >= 15 is 0 Å². The Morgan fingerprint density at radius 3 is 3.00 bits per heavy atom. The first-order chi connectivity index (χ1) is 12.2. The molecule has 2 heterocycles. The van der Waals surface area contributed by atoms with Crippen LogP contribution in [0.3, 0.4) is 0 Å². The van der Waals surface area contributed by atoms with E-state index in [4.69, 9.17) is 4.74 Å². The van der Waals surface area contributed by atoms with Gasteiger partial charge in [-0.05, 0) is 25.0 Å². The predicted octanol–water partition coefficient (Wildman–Crippen LogP) is 3.52. The van der Waals surface area contributed by atoms with E-state index in [-0.39, 0.29) is 11.8 Å². The number of aromatic nitrogens is 1. The lowest BCUT2D eigenvalue weighted by Crippen LogP contribution is -2.28. The van der Waals surface area contributed by atoms with Crippen molar-refractivity contribution in [3.63, 3.8) is 0 Å². The number of nitrogens with zero attached hydrogens (tertiary/aromatic N) is 4. The van der Waals surface area contributed by atoms with Gasteiger partial charge in [-0.2, -0.15) is 10.1 Å². The van der Waals surface area contributed by atoms with Crippen LogP contribution in [0.2, 0.25) is 0 Å².